The smallest absolute Gasteiger partial charge is 0.254 e. The molecular weight excluding hydrogens is 346 g/mol. The second kappa shape index (κ2) is 7.58. The molecule has 1 saturated heterocycles. The molecule has 1 aromatic carbocycles. The van der Waals surface area contributed by atoms with Gasteiger partial charge in [0.15, 0.2) is 5.82 Å². The van der Waals surface area contributed by atoms with Crippen LogP contribution in [-0.2, 0) is 6.42 Å². The number of nitrogens with zero attached hydrogens (tertiary/aromatic N) is 3. The summed E-state index contributed by atoms with van der Waals surface area (Å²) in [7, 11) is 3.17. The van der Waals surface area contributed by atoms with Crippen LogP contribution < -0.4 is 9.47 Å². The minimum Gasteiger partial charge on any atom is -0.497 e. The van der Waals surface area contributed by atoms with Gasteiger partial charge in [0, 0.05) is 37.1 Å². The summed E-state index contributed by atoms with van der Waals surface area (Å²) >= 11 is 0. The molecule has 1 aromatic heterocycles. The third-order valence-corrected chi connectivity index (χ3v) is 5.29. The van der Waals surface area contributed by atoms with Crippen LogP contribution in [0.4, 0.5) is 0 Å². The van der Waals surface area contributed by atoms with E-state index in [9.17, 15) is 4.79 Å². The molecule has 1 aliphatic carbocycles. The first-order valence-electron chi connectivity index (χ1n) is 9.51. The Labute approximate surface area is 158 Å². The minimum absolute atomic E-state index is 0.00102. The molecule has 2 aliphatic rings. The van der Waals surface area contributed by atoms with Crippen molar-refractivity contribution in [2.45, 2.75) is 38.0 Å². The molecule has 7 heteroatoms. The van der Waals surface area contributed by atoms with E-state index in [0.29, 0.717) is 41.3 Å². The minimum atomic E-state index is 0.00102. The van der Waals surface area contributed by atoms with Crippen molar-refractivity contribution in [3.63, 3.8) is 0 Å². The molecule has 1 amide bonds. The molecule has 1 saturated carbocycles. The highest BCUT2D eigenvalue weighted by molar-refractivity contribution is 5.95. The number of ether oxygens (including phenoxy) is 2. The highest BCUT2D eigenvalue weighted by atomic mass is 16.5. The van der Waals surface area contributed by atoms with Crippen LogP contribution in [-0.4, -0.2) is 48.3 Å². The molecule has 0 spiro atoms. The number of piperidine rings is 1. The number of methoxy groups -OCH3 is 2. The molecule has 4 rings (SSSR count). The number of rotatable bonds is 6. The molecule has 1 atom stereocenters. The molecular formula is C20H25N3O4. The fourth-order valence-corrected chi connectivity index (χ4v) is 3.63. The van der Waals surface area contributed by atoms with E-state index in [1.54, 1.807) is 32.4 Å². The average Bonchev–Trinajstić information content (AvgIpc) is 3.46. The molecule has 144 valence electrons. The van der Waals surface area contributed by atoms with Crippen molar-refractivity contribution in [3.8, 4) is 11.5 Å². The number of carbonyl (C=O) groups is 1. The predicted octanol–water partition coefficient (Wildman–Crippen LogP) is 3.06. The zero-order chi connectivity index (χ0) is 18.8. The Hall–Kier alpha value is -2.57. The number of hydrogen-bond acceptors (Lipinski definition) is 6. The Morgan fingerprint density at radius 3 is 2.59 bits per heavy atom. The van der Waals surface area contributed by atoms with Gasteiger partial charge in [-0.3, -0.25) is 4.79 Å². The molecule has 1 aliphatic heterocycles. The van der Waals surface area contributed by atoms with Crippen molar-refractivity contribution < 1.29 is 18.8 Å². The van der Waals surface area contributed by atoms with Gasteiger partial charge >= 0.3 is 0 Å². The van der Waals surface area contributed by atoms with Crippen molar-refractivity contribution in [1.29, 1.82) is 0 Å². The van der Waals surface area contributed by atoms with Gasteiger partial charge in [0.2, 0.25) is 5.89 Å². The first-order valence-corrected chi connectivity index (χ1v) is 9.51. The van der Waals surface area contributed by atoms with Crippen LogP contribution in [0.3, 0.4) is 0 Å². The maximum atomic E-state index is 13.0. The van der Waals surface area contributed by atoms with Gasteiger partial charge in [0.1, 0.15) is 11.5 Å². The van der Waals surface area contributed by atoms with E-state index in [2.05, 4.69) is 10.1 Å². The predicted molar refractivity (Wildman–Crippen MR) is 98.2 cm³/mol. The van der Waals surface area contributed by atoms with Gasteiger partial charge in [-0.25, -0.2) is 0 Å². The summed E-state index contributed by atoms with van der Waals surface area (Å²) in [5.74, 6) is 3.60. The zero-order valence-corrected chi connectivity index (χ0v) is 15.8. The summed E-state index contributed by atoms with van der Waals surface area (Å²) in [5.41, 5.74) is 0.584. The van der Waals surface area contributed by atoms with E-state index in [0.717, 1.165) is 44.5 Å². The SMILES string of the molecule is COc1cc(OC)cc(C(=O)N2CCCC(Cc3nc(C4CC4)no3)C2)c1. The van der Waals surface area contributed by atoms with Crippen molar-refractivity contribution >= 4 is 5.91 Å². The first-order chi connectivity index (χ1) is 13.2. The van der Waals surface area contributed by atoms with Gasteiger partial charge in [-0.2, -0.15) is 4.98 Å². The highest BCUT2D eigenvalue weighted by Crippen LogP contribution is 2.38. The van der Waals surface area contributed by atoms with Gasteiger partial charge in [-0.1, -0.05) is 5.16 Å². The lowest BCUT2D eigenvalue weighted by Crippen LogP contribution is -2.40. The molecule has 0 bridgehead atoms. The van der Waals surface area contributed by atoms with Crippen LogP contribution >= 0.6 is 0 Å². The summed E-state index contributed by atoms with van der Waals surface area (Å²) in [4.78, 5) is 19.4. The highest BCUT2D eigenvalue weighted by Gasteiger charge is 2.30. The van der Waals surface area contributed by atoms with E-state index in [1.165, 1.54) is 0 Å². The van der Waals surface area contributed by atoms with E-state index in [1.807, 2.05) is 4.90 Å². The van der Waals surface area contributed by atoms with Gasteiger partial charge in [0.25, 0.3) is 5.91 Å². The molecule has 2 aromatic rings. The summed E-state index contributed by atoms with van der Waals surface area (Å²) in [6.45, 7) is 1.45. The fraction of sp³-hybridized carbons (Fsp3) is 0.550. The molecule has 27 heavy (non-hydrogen) atoms. The molecule has 0 radical (unpaired) electrons. The van der Waals surface area contributed by atoms with E-state index >= 15 is 0 Å². The van der Waals surface area contributed by atoms with Crippen molar-refractivity contribution in [1.82, 2.24) is 15.0 Å². The second-order valence-corrected chi connectivity index (χ2v) is 7.39. The van der Waals surface area contributed by atoms with Crippen molar-refractivity contribution in [2.24, 2.45) is 5.92 Å². The quantitative estimate of drug-likeness (QED) is 0.777. The lowest BCUT2D eigenvalue weighted by Gasteiger charge is -2.32. The van der Waals surface area contributed by atoms with Crippen LogP contribution in [0.15, 0.2) is 22.7 Å². The normalized spacial score (nSPS) is 19.8. The average molecular weight is 371 g/mol. The van der Waals surface area contributed by atoms with Crippen LogP contribution in [0, 0.1) is 5.92 Å². The Kier molecular flexibility index (Phi) is 5.01. The van der Waals surface area contributed by atoms with Gasteiger partial charge in [0.05, 0.1) is 14.2 Å². The lowest BCUT2D eigenvalue weighted by atomic mass is 9.94. The van der Waals surface area contributed by atoms with Gasteiger partial charge in [-0.15, -0.1) is 0 Å². The van der Waals surface area contributed by atoms with Crippen LogP contribution in [0.2, 0.25) is 0 Å². The Morgan fingerprint density at radius 1 is 1.19 bits per heavy atom. The Morgan fingerprint density at radius 2 is 1.93 bits per heavy atom. The summed E-state index contributed by atoms with van der Waals surface area (Å²) < 4.78 is 16.0. The maximum absolute atomic E-state index is 13.0. The summed E-state index contributed by atoms with van der Waals surface area (Å²) in [6.07, 6.45) is 5.09. The Balaban J connectivity index is 1.43. The molecule has 2 heterocycles. The zero-order valence-electron chi connectivity index (χ0n) is 15.8. The number of likely N-dealkylation sites (tertiary alicyclic amines) is 1. The number of amides is 1. The molecule has 7 nitrogen and oxygen atoms in total. The summed E-state index contributed by atoms with van der Waals surface area (Å²) in [5, 5.41) is 4.09. The maximum Gasteiger partial charge on any atom is 0.254 e. The Bertz CT molecular complexity index is 793. The standard InChI is InChI=1S/C20H25N3O4/c1-25-16-9-15(10-17(11-16)26-2)20(24)23-7-3-4-13(12-23)8-18-21-19(22-27-18)14-5-6-14/h9-11,13-14H,3-8,12H2,1-2H3. The van der Waals surface area contributed by atoms with Gasteiger partial charge in [-0.05, 0) is 43.7 Å². The van der Waals surface area contributed by atoms with Crippen molar-refractivity contribution in [3.05, 3.63) is 35.5 Å². The van der Waals surface area contributed by atoms with E-state index in [4.69, 9.17) is 14.0 Å². The van der Waals surface area contributed by atoms with E-state index in [-0.39, 0.29) is 5.91 Å². The van der Waals surface area contributed by atoms with Crippen LogP contribution in [0.25, 0.3) is 0 Å². The van der Waals surface area contributed by atoms with E-state index < -0.39 is 0 Å². The summed E-state index contributed by atoms with van der Waals surface area (Å²) in [6, 6.07) is 5.28. The number of carbonyl (C=O) groups excluding carboxylic acids is 1. The van der Waals surface area contributed by atoms with Gasteiger partial charge < -0.3 is 18.9 Å². The fourth-order valence-electron chi connectivity index (χ4n) is 3.63. The third kappa shape index (κ3) is 4.07. The van der Waals surface area contributed by atoms with Crippen molar-refractivity contribution in [2.75, 3.05) is 27.3 Å². The molecule has 0 N–H and O–H groups in total. The third-order valence-electron chi connectivity index (χ3n) is 5.29. The lowest BCUT2D eigenvalue weighted by molar-refractivity contribution is 0.0667. The second-order valence-electron chi connectivity index (χ2n) is 7.39. The number of benzene rings is 1. The number of hydrogen-bond donors (Lipinski definition) is 0. The van der Waals surface area contributed by atoms with Crippen LogP contribution in [0.5, 0.6) is 11.5 Å². The number of aromatic nitrogens is 2. The molecule has 1 unspecified atom stereocenters. The van der Waals surface area contributed by atoms with Crippen LogP contribution in [0.1, 0.15) is 53.7 Å². The topological polar surface area (TPSA) is 77.7 Å². The monoisotopic (exact) mass is 371 g/mol. The molecule has 2 fully saturated rings. The first kappa shape index (κ1) is 17.8. The largest absolute Gasteiger partial charge is 0.497 e.